The number of hydrogen-bond acceptors (Lipinski definition) is 5. The van der Waals surface area contributed by atoms with Crippen molar-refractivity contribution in [3.63, 3.8) is 0 Å². The topological polar surface area (TPSA) is 82.2 Å². The Hall–Kier alpha value is -2.85. The third kappa shape index (κ3) is 5.45. The standard InChI is InChI=1S/C24H24N4OS.ClH/c25-15-19-13-18(17-5-2-1-3-6-17)8-9-23(19)28-11-10-20(16-28)27-22(24(26)29)14-21-7-4-12-30-21;/h1-9,12-13,20,22,27H,10-11,14,16H2,(H2,26,29);1H/t20-,22-;/m0./s1. The van der Waals surface area contributed by atoms with Crippen LogP contribution in [-0.4, -0.2) is 31.1 Å². The smallest absolute Gasteiger partial charge is 0.234 e. The molecule has 3 N–H and O–H groups in total. The summed E-state index contributed by atoms with van der Waals surface area (Å²) >= 11 is 1.63. The van der Waals surface area contributed by atoms with E-state index in [0.717, 1.165) is 41.2 Å². The molecule has 0 saturated carbocycles. The molecule has 160 valence electrons. The second kappa shape index (κ2) is 10.5. The average molecular weight is 453 g/mol. The zero-order valence-electron chi connectivity index (χ0n) is 17.0. The third-order valence-electron chi connectivity index (χ3n) is 5.52. The summed E-state index contributed by atoms with van der Waals surface area (Å²) in [4.78, 5) is 15.3. The maximum absolute atomic E-state index is 11.9. The number of primary amides is 1. The number of nitrogens with two attached hydrogens (primary N) is 1. The number of carbonyl (C=O) groups is 1. The fraction of sp³-hybridized carbons (Fsp3) is 0.250. The first kappa shape index (κ1) is 22.8. The van der Waals surface area contributed by atoms with E-state index >= 15 is 0 Å². The van der Waals surface area contributed by atoms with Crippen molar-refractivity contribution < 1.29 is 4.79 Å². The molecule has 0 bridgehead atoms. The van der Waals surface area contributed by atoms with E-state index in [1.807, 2.05) is 60.0 Å². The maximum Gasteiger partial charge on any atom is 0.234 e. The van der Waals surface area contributed by atoms with Crippen molar-refractivity contribution in [1.82, 2.24) is 5.32 Å². The fourth-order valence-corrected chi connectivity index (χ4v) is 4.73. The van der Waals surface area contributed by atoms with Gasteiger partial charge in [-0.05, 0) is 41.1 Å². The minimum atomic E-state index is -0.385. The Morgan fingerprint density at radius 2 is 2.00 bits per heavy atom. The van der Waals surface area contributed by atoms with Crippen molar-refractivity contribution in [2.24, 2.45) is 5.73 Å². The van der Waals surface area contributed by atoms with Crippen LogP contribution in [0.5, 0.6) is 0 Å². The van der Waals surface area contributed by atoms with Gasteiger partial charge in [-0.2, -0.15) is 5.26 Å². The van der Waals surface area contributed by atoms with Crippen LogP contribution in [0, 0.1) is 11.3 Å². The SMILES string of the molecule is Cl.N#Cc1cc(-c2ccccc2)ccc1N1CC[C@H](N[C@@H](Cc2cccs2)C(N)=O)C1. The summed E-state index contributed by atoms with van der Waals surface area (Å²) in [7, 11) is 0. The number of amides is 1. The second-order valence-electron chi connectivity index (χ2n) is 7.55. The van der Waals surface area contributed by atoms with E-state index in [4.69, 9.17) is 5.73 Å². The van der Waals surface area contributed by atoms with Crippen molar-refractivity contribution in [3.8, 4) is 17.2 Å². The molecule has 1 saturated heterocycles. The van der Waals surface area contributed by atoms with Gasteiger partial charge in [-0.25, -0.2) is 0 Å². The van der Waals surface area contributed by atoms with Crippen LogP contribution in [0.15, 0.2) is 66.0 Å². The molecule has 3 aromatic rings. The molecule has 1 aliphatic rings. The lowest BCUT2D eigenvalue weighted by Crippen LogP contribution is -2.48. The lowest BCUT2D eigenvalue weighted by molar-refractivity contribution is -0.120. The van der Waals surface area contributed by atoms with Gasteiger partial charge in [0.1, 0.15) is 6.07 Å². The molecule has 1 amide bonds. The second-order valence-corrected chi connectivity index (χ2v) is 8.58. The van der Waals surface area contributed by atoms with Gasteiger partial charge in [-0.3, -0.25) is 4.79 Å². The van der Waals surface area contributed by atoms with Crippen molar-refractivity contribution in [2.75, 3.05) is 18.0 Å². The summed E-state index contributed by atoms with van der Waals surface area (Å²) in [5, 5.41) is 15.2. The number of nitrogens with one attached hydrogen (secondary N) is 1. The minimum Gasteiger partial charge on any atom is -0.369 e. The number of nitrogens with zero attached hydrogens (tertiary/aromatic N) is 2. The first-order valence-electron chi connectivity index (χ1n) is 10.1. The Labute approximate surface area is 192 Å². The molecule has 7 heteroatoms. The molecule has 4 rings (SSSR count). The molecule has 2 aromatic carbocycles. The highest BCUT2D eigenvalue weighted by Crippen LogP contribution is 2.29. The minimum absolute atomic E-state index is 0. The van der Waals surface area contributed by atoms with E-state index < -0.39 is 0 Å². The zero-order chi connectivity index (χ0) is 20.9. The van der Waals surface area contributed by atoms with Crippen LogP contribution in [0.25, 0.3) is 11.1 Å². The highest BCUT2D eigenvalue weighted by Gasteiger charge is 2.28. The van der Waals surface area contributed by atoms with Gasteiger partial charge in [0.15, 0.2) is 0 Å². The molecule has 0 spiro atoms. The molecule has 0 unspecified atom stereocenters. The number of halogens is 1. The molecule has 1 aromatic heterocycles. The molecule has 31 heavy (non-hydrogen) atoms. The third-order valence-corrected chi connectivity index (χ3v) is 6.42. The molecular formula is C24H25ClN4OS. The van der Waals surface area contributed by atoms with Gasteiger partial charge in [0, 0.05) is 30.4 Å². The van der Waals surface area contributed by atoms with E-state index in [2.05, 4.69) is 22.4 Å². The predicted octanol–water partition coefficient (Wildman–Crippen LogP) is 3.97. The van der Waals surface area contributed by atoms with Crippen LogP contribution in [0.3, 0.4) is 0 Å². The highest BCUT2D eigenvalue weighted by atomic mass is 35.5. The number of rotatable bonds is 7. The van der Waals surface area contributed by atoms with Crippen LogP contribution >= 0.6 is 23.7 Å². The van der Waals surface area contributed by atoms with Crippen LogP contribution < -0.4 is 16.0 Å². The summed E-state index contributed by atoms with van der Waals surface area (Å²) in [6, 6.07) is 22.2. The fourth-order valence-electron chi connectivity index (χ4n) is 3.98. The molecule has 0 radical (unpaired) electrons. The maximum atomic E-state index is 11.9. The number of anilines is 1. The molecule has 2 heterocycles. The number of carbonyl (C=O) groups excluding carboxylic acids is 1. The van der Waals surface area contributed by atoms with Gasteiger partial charge in [0.05, 0.1) is 17.3 Å². The number of hydrogen-bond donors (Lipinski definition) is 2. The summed E-state index contributed by atoms with van der Waals surface area (Å²) in [6.45, 7) is 1.58. The number of benzene rings is 2. The molecule has 5 nitrogen and oxygen atoms in total. The van der Waals surface area contributed by atoms with Crippen LogP contribution in [0.2, 0.25) is 0 Å². The van der Waals surface area contributed by atoms with E-state index in [-0.39, 0.29) is 30.4 Å². The molecule has 1 fully saturated rings. The number of nitriles is 1. The van der Waals surface area contributed by atoms with Gasteiger partial charge in [-0.1, -0.05) is 42.5 Å². The van der Waals surface area contributed by atoms with Crippen molar-refractivity contribution in [3.05, 3.63) is 76.5 Å². The summed E-state index contributed by atoms with van der Waals surface area (Å²) in [6.07, 6.45) is 1.51. The van der Waals surface area contributed by atoms with E-state index in [0.29, 0.717) is 12.0 Å². The molecular weight excluding hydrogens is 428 g/mol. The lowest BCUT2D eigenvalue weighted by Gasteiger charge is -2.23. The Morgan fingerprint density at radius 1 is 1.19 bits per heavy atom. The van der Waals surface area contributed by atoms with Crippen LogP contribution in [-0.2, 0) is 11.2 Å². The van der Waals surface area contributed by atoms with Gasteiger partial charge >= 0.3 is 0 Å². The number of thiophene rings is 1. The van der Waals surface area contributed by atoms with E-state index in [1.54, 1.807) is 11.3 Å². The average Bonchev–Trinajstić information content (AvgIpc) is 3.45. The van der Waals surface area contributed by atoms with Crippen molar-refractivity contribution in [1.29, 1.82) is 5.26 Å². The monoisotopic (exact) mass is 452 g/mol. The van der Waals surface area contributed by atoms with Gasteiger partial charge < -0.3 is 16.0 Å². The van der Waals surface area contributed by atoms with Crippen LogP contribution in [0.1, 0.15) is 16.9 Å². The Kier molecular flexibility index (Phi) is 7.69. The summed E-state index contributed by atoms with van der Waals surface area (Å²) in [5.41, 5.74) is 9.38. The predicted molar refractivity (Wildman–Crippen MR) is 129 cm³/mol. The van der Waals surface area contributed by atoms with Gasteiger partial charge in [-0.15, -0.1) is 23.7 Å². The van der Waals surface area contributed by atoms with Gasteiger partial charge in [0.2, 0.25) is 5.91 Å². The Bertz CT molecular complexity index is 1050. The molecule has 1 aliphatic heterocycles. The first-order chi connectivity index (χ1) is 14.6. The largest absolute Gasteiger partial charge is 0.369 e. The molecule has 0 aliphatic carbocycles. The summed E-state index contributed by atoms with van der Waals surface area (Å²) < 4.78 is 0. The van der Waals surface area contributed by atoms with E-state index in [9.17, 15) is 10.1 Å². The van der Waals surface area contributed by atoms with Crippen LogP contribution in [0.4, 0.5) is 5.69 Å². The normalized spacial score (nSPS) is 16.4. The Balaban J connectivity index is 0.00000272. The quantitative estimate of drug-likeness (QED) is 0.568. The highest BCUT2D eigenvalue weighted by molar-refractivity contribution is 7.09. The van der Waals surface area contributed by atoms with E-state index in [1.165, 1.54) is 0 Å². The zero-order valence-corrected chi connectivity index (χ0v) is 18.7. The van der Waals surface area contributed by atoms with Gasteiger partial charge in [0.25, 0.3) is 0 Å². The lowest BCUT2D eigenvalue weighted by atomic mass is 10.0. The van der Waals surface area contributed by atoms with Crippen molar-refractivity contribution in [2.45, 2.75) is 24.9 Å². The summed E-state index contributed by atoms with van der Waals surface area (Å²) in [5.74, 6) is -0.327. The molecule has 2 atom stereocenters. The Morgan fingerprint density at radius 3 is 2.68 bits per heavy atom. The van der Waals surface area contributed by atoms with Crippen molar-refractivity contribution >= 4 is 35.3 Å². The first-order valence-corrected chi connectivity index (χ1v) is 10.9.